The Morgan fingerprint density at radius 3 is 2.59 bits per heavy atom. The lowest BCUT2D eigenvalue weighted by Gasteiger charge is -2.11. The number of anilines is 3. The SMILES string of the molecule is N=Cc1cc(NC(=O)NCc2ccc(Cl)cc2)ncc1Nc1ccncc1. The molecule has 2 heterocycles. The molecule has 0 aliphatic heterocycles. The van der Waals surface area contributed by atoms with Crippen LogP contribution in [0.3, 0.4) is 0 Å². The van der Waals surface area contributed by atoms with E-state index in [9.17, 15) is 4.79 Å². The van der Waals surface area contributed by atoms with Crippen molar-refractivity contribution in [2.24, 2.45) is 0 Å². The standard InChI is InChI=1S/C19H17ClN6O/c20-15-3-1-13(2-4-15)11-24-19(27)26-18-9-14(10-21)17(12-23-18)25-16-5-7-22-8-6-16/h1-10,12,21H,11H2,(H,22,25)(H2,23,24,26,27). The normalized spacial score (nSPS) is 10.1. The molecule has 2 aromatic heterocycles. The van der Waals surface area contributed by atoms with Gasteiger partial charge in [0.1, 0.15) is 5.82 Å². The van der Waals surface area contributed by atoms with E-state index in [4.69, 9.17) is 17.0 Å². The van der Waals surface area contributed by atoms with E-state index in [-0.39, 0.29) is 6.03 Å². The maximum atomic E-state index is 12.1. The second-order valence-corrected chi connectivity index (χ2v) is 6.03. The number of carbonyl (C=O) groups is 1. The van der Waals surface area contributed by atoms with Crippen molar-refractivity contribution in [2.45, 2.75) is 6.54 Å². The second-order valence-electron chi connectivity index (χ2n) is 5.60. The molecule has 0 atom stereocenters. The van der Waals surface area contributed by atoms with Crippen LogP contribution >= 0.6 is 11.6 Å². The molecule has 0 aliphatic rings. The van der Waals surface area contributed by atoms with Gasteiger partial charge in [-0.05, 0) is 35.9 Å². The number of amides is 2. The fourth-order valence-electron chi connectivity index (χ4n) is 2.30. The van der Waals surface area contributed by atoms with Gasteiger partial charge in [-0.1, -0.05) is 23.7 Å². The fraction of sp³-hybridized carbons (Fsp3) is 0.0526. The van der Waals surface area contributed by atoms with Crippen LogP contribution in [0.15, 0.2) is 61.1 Å². The third-order valence-electron chi connectivity index (χ3n) is 3.66. The molecular weight excluding hydrogens is 364 g/mol. The van der Waals surface area contributed by atoms with Crippen molar-refractivity contribution in [2.75, 3.05) is 10.6 Å². The summed E-state index contributed by atoms with van der Waals surface area (Å²) >= 11 is 5.84. The van der Waals surface area contributed by atoms with Crippen molar-refractivity contribution >= 4 is 41.0 Å². The third-order valence-corrected chi connectivity index (χ3v) is 3.91. The number of aromatic nitrogens is 2. The van der Waals surface area contributed by atoms with Crippen molar-refractivity contribution in [3.63, 3.8) is 0 Å². The Bertz CT molecular complexity index is 931. The molecule has 7 nitrogen and oxygen atoms in total. The first-order valence-corrected chi connectivity index (χ1v) is 8.49. The quantitative estimate of drug-likeness (QED) is 0.481. The average molecular weight is 381 g/mol. The van der Waals surface area contributed by atoms with E-state index in [2.05, 4.69) is 25.9 Å². The Kier molecular flexibility index (Phi) is 5.96. The first-order chi connectivity index (χ1) is 13.1. The zero-order valence-electron chi connectivity index (χ0n) is 14.2. The monoisotopic (exact) mass is 380 g/mol. The van der Waals surface area contributed by atoms with Crippen LogP contribution in [0.2, 0.25) is 5.02 Å². The summed E-state index contributed by atoms with van der Waals surface area (Å²) in [6, 6.07) is 12.1. The molecule has 2 amide bonds. The Labute approximate surface area is 161 Å². The molecule has 3 aromatic rings. The molecule has 3 rings (SSSR count). The van der Waals surface area contributed by atoms with Crippen LogP contribution in [0.5, 0.6) is 0 Å². The lowest BCUT2D eigenvalue weighted by atomic mass is 10.2. The highest BCUT2D eigenvalue weighted by molar-refractivity contribution is 6.30. The minimum atomic E-state index is -0.386. The number of halogens is 1. The predicted octanol–water partition coefficient (Wildman–Crippen LogP) is 4.19. The van der Waals surface area contributed by atoms with Crippen LogP contribution in [0, 0.1) is 5.41 Å². The minimum Gasteiger partial charge on any atom is -0.354 e. The molecule has 0 saturated carbocycles. The molecule has 136 valence electrons. The van der Waals surface area contributed by atoms with Crippen molar-refractivity contribution in [3.8, 4) is 0 Å². The highest BCUT2D eigenvalue weighted by atomic mass is 35.5. The summed E-state index contributed by atoms with van der Waals surface area (Å²) in [6.07, 6.45) is 6.10. The number of hydrogen-bond donors (Lipinski definition) is 4. The topological polar surface area (TPSA) is 103 Å². The van der Waals surface area contributed by atoms with Gasteiger partial charge in [-0.25, -0.2) is 9.78 Å². The summed E-state index contributed by atoms with van der Waals surface area (Å²) in [5.41, 5.74) is 3.01. The molecule has 27 heavy (non-hydrogen) atoms. The number of benzene rings is 1. The van der Waals surface area contributed by atoms with E-state index >= 15 is 0 Å². The van der Waals surface area contributed by atoms with E-state index in [1.54, 1.807) is 36.8 Å². The maximum Gasteiger partial charge on any atom is 0.320 e. The van der Waals surface area contributed by atoms with Crippen LogP contribution in [0.1, 0.15) is 11.1 Å². The molecule has 0 bridgehead atoms. The van der Waals surface area contributed by atoms with Gasteiger partial charge in [0.2, 0.25) is 0 Å². The van der Waals surface area contributed by atoms with Gasteiger partial charge >= 0.3 is 6.03 Å². The lowest BCUT2D eigenvalue weighted by Crippen LogP contribution is -2.28. The number of urea groups is 1. The Morgan fingerprint density at radius 2 is 1.89 bits per heavy atom. The lowest BCUT2D eigenvalue weighted by molar-refractivity contribution is 0.251. The van der Waals surface area contributed by atoms with Crippen LogP contribution in [-0.2, 0) is 6.54 Å². The van der Waals surface area contributed by atoms with Gasteiger partial charge in [0.15, 0.2) is 0 Å². The van der Waals surface area contributed by atoms with E-state index < -0.39 is 0 Å². The summed E-state index contributed by atoms with van der Waals surface area (Å²) in [4.78, 5) is 20.2. The molecule has 8 heteroatoms. The van der Waals surface area contributed by atoms with Gasteiger partial charge in [0, 0.05) is 41.4 Å². The van der Waals surface area contributed by atoms with Crippen LogP contribution in [0.25, 0.3) is 0 Å². The van der Waals surface area contributed by atoms with Gasteiger partial charge in [-0.2, -0.15) is 0 Å². The molecule has 0 radical (unpaired) electrons. The zero-order chi connectivity index (χ0) is 19.1. The van der Waals surface area contributed by atoms with Gasteiger partial charge in [0.05, 0.1) is 11.9 Å². The van der Waals surface area contributed by atoms with Gasteiger partial charge < -0.3 is 16.0 Å². The Balaban J connectivity index is 1.62. The fourth-order valence-corrected chi connectivity index (χ4v) is 2.43. The number of carbonyl (C=O) groups excluding carboxylic acids is 1. The van der Waals surface area contributed by atoms with E-state index in [0.717, 1.165) is 11.3 Å². The number of rotatable bonds is 6. The zero-order valence-corrected chi connectivity index (χ0v) is 15.0. The average Bonchev–Trinajstić information content (AvgIpc) is 2.69. The predicted molar refractivity (Wildman–Crippen MR) is 107 cm³/mol. The first kappa shape index (κ1) is 18.3. The summed E-state index contributed by atoms with van der Waals surface area (Å²) in [5.74, 6) is 0.349. The second kappa shape index (κ2) is 8.77. The molecule has 4 N–H and O–H groups in total. The van der Waals surface area contributed by atoms with Crippen LogP contribution in [0.4, 0.5) is 22.0 Å². The van der Waals surface area contributed by atoms with Crippen molar-refractivity contribution in [1.82, 2.24) is 15.3 Å². The van der Waals surface area contributed by atoms with Crippen LogP contribution in [-0.4, -0.2) is 22.2 Å². The maximum absolute atomic E-state index is 12.1. The summed E-state index contributed by atoms with van der Waals surface area (Å²) < 4.78 is 0. The van der Waals surface area contributed by atoms with Crippen molar-refractivity contribution in [3.05, 3.63) is 77.2 Å². The smallest absolute Gasteiger partial charge is 0.320 e. The van der Waals surface area contributed by atoms with Gasteiger partial charge in [-0.3, -0.25) is 10.3 Å². The number of pyridine rings is 2. The van der Waals surface area contributed by atoms with E-state index in [1.165, 1.54) is 6.21 Å². The molecule has 0 saturated heterocycles. The summed E-state index contributed by atoms with van der Waals surface area (Å²) in [7, 11) is 0. The first-order valence-electron chi connectivity index (χ1n) is 8.11. The van der Waals surface area contributed by atoms with Crippen molar-refractivity contribution in [1.29, 1.82) is 5.41 Å². The molecule has 0 aliphatic carbocycles. The van der Waals surface area contributed by atoms with Crippen molar-refractivity contribution < 1.29 is 4.79 Å². The summed E-state index contributed by atoms with van der Waals surface area (Å²) in [5, 5.41) is 16.8. The number of nitrogens with one attached hydrogen (secondary N) is 4. The molecular formula is C19H17ClN6O. The highest BCUT2D eigenvalue weighted by Gasteiger charge is 2.07. The largest absolute Gasteiger partial charge is 0.354 e. The third kappa shape index (κ3) is 5.26. The molecule has 0 spiro atoms. The summed E-state index contributed by atoms with van der Waals surface area (Å²) in [6.45, 7) is 0.363. The molecule has 1 aromatic carbocycles. The minimum absolute atomic E-state index is 0.349. The molecule has 0 fully saturated rings. The van der Waals surface area contributed by atoms with E-state index in [0.29, 0.717) is 28.6 Å². The van der Waals surface area contributed by atoms with Crippen LogP contribution < -0.4 is 16.0 Å². The number of nitrogens with zero attached hydrogens (tertiary/aromatic N) is 2. The molecule has 0 unspecified atom stereocenters. The number of hydrogen-bond acceptors (Lipinski definition) is 5. The van der Waals surface area contributed by atoms with Gasteiger partial charge in [0.25, 0.3) is 0 Å². The highest BCUT2D eigenvalue weighted by Crippen LogP contribution is 2.20. The van der Waals surface area contributed by atoms with E-state index in [1.807, 2.05) is 24.3 Å². The Morgan fingerprint density at radius 1 is 1.15 bits per heavy atom. The Hall–Kier alpha value is -3.45. The van der Waals surface area contributed by atoms with Gasteiger partial charge in [-0.15, -0.1) is 0 Å².